The summed E-state index contributed by atoms with van der Waals surface area (Å²) in [6.45, 7) is 12.5. The first kappa shape index (κ1) is 20.7. The molecule has 0 radical (unpaired) electrons. The van der Waals surface area contributed by atoms with E-state index in [1.54, 1.807) is 4.90 Å². The number of hydrogen-bond acceptors (Lipinski definition) is 4. The van der Waals surface area contributed by atoms with Crippen LogP contribution in [0.4, 0.5) is 4.79 Å². The Bertz CT molecular complexity index is 568. The molecule has 1 saturated heterocycles. The van der Waals surface area contributed by atoms with E-state index >= 15 is 0 Å². The van der Waals surface area contributed by atoms with Crippen molar-refractivity contribution in [2.24, 2.45) is 5.92 Å². The molecule has 1 heterocycles. The number of benzene rings is 1. The number of aliphatic hydroxyl groups is 1. The maximum atomic E-state index is 12.7. The Morgan fingerprint density at radius 1 is 1.23 bits per heavy atom. The largest absolute Gasteiger partial charge is 0.444 e. The highest BCUT2D eigenvalue weighted by molar-refractivity contribution is 5.68. The minimum absolute atomic E-state index is 0.217. The maximum absolute atomic E-state index is 12.7. The number of amides is 1. The van der Waals surface area contributed by atoms with Gasteiger partial charge in [0.1, 0.15) is 5.60 Å². The fraction of sp³-hybridized carbons (Fsp3) is 0.667. The van der Waals surface area contributed by atoms with Gasteiger partial charge in [-0.3, -0.25) is 4.90 Å². The molecular weight excluding hydrogens is 328 g/mol. The first-order chi connectivity index (χ1) is 12.2. The Labute approximate surface area is 157 Å². The third-order valence-electron chi connectivity index (χ3n) is 4.54. The minimum Gasteiger partial charge on any atom is -0.444 e. The molecule has 0 saturated carbocycles. The monoisotopic (exact) mass is 362 g/mol. The molecular formula is C21H34N2O3. The molecule has 2 atom stereocenters. The molecule has 146 valence electrons. The number of nitrogens with zero attached hydrogens (tertiary/aromatic N) is 2. The van der Waals surface area contributed by atoms with E-state index < -0.39 is 11.7 Å². The first-order valence-electron chi connectivity index (χ1n) is 9.59. The highest BCUT2D eigenvalue weighted by atomic mass is 16.6. The van der Waals surface area contributed by atoms with Crippen molar-refractivity contribution in [1.29, 1.82) is 0 Å². The lowest BCUT2D eigenvalue weighted by Crippen LogP contribution is -2.49. The summed E-state index contributed by atoms with van der Waals surface area (Å²) in [7, 11) is 0. The summed E-state index contributed by atoms with van der Waals surface area (Å²) in [5, 5.41) is 10.9. The van der Waals surface area contributed by atoms with Crippen molar-refractivity contribution in [3.05, 3.63) is 35.9 Å². The van der Waals surface area contributed by atoms with Gasteiger partial charge in [0.15, 0.2) is 0 Å². The standard InChI is InChI=1S/C21H34N2O3/c1-16(2)13-18-19(24)15-22(14-17-9-7-6-8-10-17)11-12-23(18)20(25)26-21(3,4)5/h6-10,16,18-19,24H,11-15H2,1-5H3/t18-,19-/m1/s1. The van der Waals surface area contributed by atoms with Gasteiger partial charge in [-0.05, 0) is 38.7 Å². The summed E-state index contributed by atoms with van der Waals surface area (Å²) < 4.78 is 5.60. The lowest BCUT2D eigenvalue weighted by Gasteiger charge is -2.34. The zero-order valence-corrected chi connectivity index (χ0v) is 16.8. The highest BCUT2D eigenvalue weighted by Crippen LogP contribution is 2.22. The molecule has 1 N–H and O–H groups in total. The molecule has 0 bridgehead atoms. The fourth-order valence-electron chi connectivity index (χ4n) is 3.40. The van der Waals surface area contributed by atoms with Crippen LogP contribution in [-0.4, -0.2) is 58.4 Å². The third kappa shape index (κ3) is 6.29. The minimum atomic E-state index is -0.587. The summed E-state index contributed by atoms with van der Waals surface area (Å²) in [6, 6.07) is 10.0. The van der Waals surface area contributed by atoms with Crippen molar-refractivity contribution < 1.29 is 14.6 Å². The summed E-state index contributed by atoms with van der Waals surface area (Å²) in [4.78, 5) is 16.7. The number of β-amino-alcohol motifs (C(OH)–C–C–N with tert-alkyl or cyclic N) is 1. The van der Waals surface area contributed by atoms with E-state index in [1.807, 2.05) is 39.0 Å². The summed E-state index contributed by atoms with van der Waals surface area (Å²) in [5.74, 6) is 0.389. The molecule has 1 amide bonds. The van der Waals surface area contributed by atoms with E-state index in [-0.39, 0.29) is 12.1 Å². The zero-order valence-electron chi connectivity index (χ0n) is 16.8. The van der Waals surface area contributed by atoms with Crippen LogP contribution in [0, 0.1) is 5.92 Å². The molecule has 0 unspecified atom stereocenters. The molecule has 5 nitrogen and oxygen atoms in total. The molecule has 2 rings (SSSR count). The van der Waals surface area contributed by atoms with Crippen molar-refractivity contribution in [1.82, 2.24) is 9.80 Å². The molecule has 26 heavy (non-hydrogen) atoms. The predicted octanol–water partition coefficient (Wildman–Crippen LogP) is 3.51. The van der Waals surface area contributed by atoms with Crippen LogP contribution in [0.3, 0.4) is 0 Å². The van der Waals surface area contributed by atoms with Crippen molar-refractivity contribution >= 4 is 6.09 Å². The zero-order chi connectivity index (χ0) is 19.3. The van der Waals surface area contributed by atoms with Crippen molar-refractivity contribution in [3.63, 3.8) is 0 Å². The van der Waals surface area contributed by atoms with Gasteiger partial charge >= 0.3 is 6.09 Å². The summed E-state index contributed by atoms with van der Waals surface area (Å²) in [5.41, 5.74) is 0.673. The average Bonchev–Trinajstić information content (AvgIpc) is 2.66. The molecule has 5 heteroatoms. The lowest BCUT2D eigenvalue weighted by molar-refractivity contribution is -0.00437. The Balaban J connectivity index is 2.14. The van der Waals surface area contributed by atoms with Gasteiger partial charge in [0.2, 0.25) is 0 Å². The second kappa shape index (κ2) is 8.87. The Kier molecular flexibility index (Phi) is 7.07. The van der Waals surface area contributed by atoms with Crippen LogP contribution in [0.2, 0.25) is 0 Å². The van der Waals surface area contributed by atoms with Crippen LogP contribution in [0.1, 0.15) is 46.6 Å². The molecule has 1 aliphatic heterocycles. The second-order valence-corrected chi connectivity index (χ2v) is 8.66. The van der Waals surface area contributed by atoms with Crippen molar-refractivity contribution in [3.8, 4) is 0 Å². The summed E-state index contributed by atoms with van der Waals surface area (Å²) >= 11 is 0. The van der Waals surface area contributed by atoms with E-state index in [2.05, 4.69) is 30.9 Å². The van der Waals surface area contributed by atoms with Crippen LogP contribution in [-0.2, 0) is 11.3 Å². The quantitative estimate of drug-likeness (QED) is 0.890. The van der Waals surface area contributed by atoms with E-state index in [1.165, 1.54) is 5.56 Å². The predicted molar refractivity (Wildman–Crippen MR) is 104 cm³/mol. The Morgan fingerprint density at radius 2 is 1.88 bits per heavy atom. The van der Waals surface area contributed by atoms with E-state index in [9.17, 15) is 9.90 Å². The van der Waals surface area contributed by atoms with Gasteiger partial charge in [0.05, 0.1) is 12.1 Å². The Hall–Kier alpha value is -1.59. The topological polar surface area (TPSA) is 53.0 Å². The van der Waals surface area contributed by atoms with Crippen LogP contribution >= 0.6 is 0 Å². The highest BCUT2D eigenvalue weighted by Gasteiger charge is 2.36. The smallest absolute Gasteiger partial charge is 0.410 e. The summed E-state index contributed by atoms with van der Waals surface area (Å²) in [6.07, 6.45) is -0.153. The van der Waals surface area contributed by atoms with E-state index in [4.69, 9.17) is 4.74 Å². The number of carbonyl (C=O) groups is 1. The molecule has 0 aliphatic carbocycles. The molecule has 1 aromatic rings. The van der Waals surface area contributed by atoms with Crippen LogP contribution in [0.15, 0.2) is 30.3 Å². The number of rotatable bonds is 4. The lowest BCUT2D eigenvalue weighted by atomic mass is 9.98. The maximum Gasteiger partial charge on any atom is 0.410 e. The Morgan fingerprint density at radius 3 is 2.46 bits per heavy atom. The first-order valence-corrected chi connectivity index (χ1v) is 9.59. The number of carbonyl (C=O) groups excluding carboxylic acids is 1. The molecule has 1 aliphatic rings. The second-order valence-electron chi connectivity index (χ2n) is 8.66. The average molecular weight is 363 g/mol. The van der Waals surface area contributed by atoms with Gasteiger partial charge in [-0.2, -0.15) is 0 Å². The van der Waals surface area contributed by atoms with Gasteiger partial charge in [-0.1, -0.05) is 44.2 Å². The number of aliphatic hydroxyl groups excluding tert-OH is 1. The molecule has 1 aromatic carbocycles. The van der Waals surface area contributed by atoms with E-state index in [0.29, 0.717) is 19.0 Å². The van der Waals surface area contributed by atoms with E-state index in [0.717, 1.165) is 19.5 Å². The number of ether oxygens (including phenoxy) is 1. The normalized spacial score (nSPS) is 22.3. The van der Waals surface area contributed by atoms with Gasteiger partial charge in [0, 0.05) is 26.2 Å². The molecule has 1 fully saturated rings. The van der Waals surface area contributed by atoms with Crippen LogP contribution in [0.5, 0.6) is 0 Å². The van der Waals surface area contributed by atoms with Gasteiger partial charge < -0.3 is 14.7 Å². The SMILES string of the molecule is CC(C)C[C@@H]1[C@H](O)CN(Cc2ccccc2)CCN1C(=O)OC(C)(C)C. The molecule has 0 spiro atoms. The third-order valence-corrected chi connectivity index (χ3v) is 4.54. The van der Waals surface area contributed by atoms with Crippen molar-refractivity contribution in [2.45, 2.75) is 65.3 Å². The van der Waals surface area contributed by atoms with Crippen LogP contribution in [0.25, 0.3) is 0 Å². The van der Waals surface area contributed by atoms with Gasteiger partial charge in [-0.25, -0.2) is 4.79 Å². The number of hydrogen-bond donors (Lipinski definition) is 1. The van der Waals surface area contributed by atoms with Gasteiger partial charge in [-0.15, -0.1) is 0 Å². The molecule has 0 aromatic heterocycles. The van der Waals surface area contributed by atoms with Gasteiger partial charge in [0.25, 0.3) is 0 Å². The van der Waals surface area contributed by atoms with Crippen LogP contribution < -0.4 is 0 Å². The fourth-order valence-corrected chi connectivity index (χ4v) is 3.40. The van der Waals surface area contributed by atoms with Crippen molar-refractivity contribution in [2.75, 3.05) is 19.6 Å².